The Labute approximate surface area is 120 Å². The molecule has 0 aliphatic rings. The largest absolute Gasteiger partial charge is 0.508 e. The molecule has 2 aromatic carbocycles. The number of benzene rings is 2. The number of hydrogen-bond acceptors (Lipinski definition) is 4. The van der Waals surface area contributed by atoms with E-state index in [-0.39, 0.29) is 11.5 Å². The van der Waals surface area contributed by atoms with Crippen molar-refractivity contribution in [1.82, 2.24) is 0 Å². The standard InChI is InChI=1S/C16H13NO2S/c1-10(17-11-6-8-12(18)9-7-11)16-15(19)13-4-2-3-5-14(13)20-16/h2-9,18-19H,1H3/b17-10+. The summed E-state index contributed by atoms with van der Waals surface area (Å²) in [5, 5.41) is 20.4. The van der Waals surface area contributed by atoms with Crippen molar-refractivity contribution in [1.29, 1.82) is 0 Å². The number of thiophene rings is 1. The Morgan fingerprint density at radius 2 is 1.70 bits per heavy atom. The zero-order chi connectivity index (χ0) is 14.1. The molecule has 4 heteroatoms. The predicted octanol–water partition coefficient (Wildman–Crippen LogP) is 4.45. The molecule has 0 radical (unpaired) electrons. The van der Waals surface area contributed by atoms with E-state index in [4.69, 9.17) is 0 Å². The van der Waals surface area contributed by atoms with Gasteiger partial charge in [0, 0.05) is 10.1 Å². The van der Waals surface area contributed by atoms with Gasteiger partial charge in [-0.15, -0.1) is 11.3 Å². The smallest absolute Gasteiger partial charge is 0.143 e. The summed E-state index contributed by atoms with van der Waals surface area (Å²) < 4.78 is 1.04. The van der Waals surface area contributed by atoms with Crippen LogP contribution in [-0.2, 0) is 0 Å². The van der Waals surface area contributed by atoms with Gasteiger partial charge in [-0.3, -0.25) is 4.99 Å². The van der Waals surface area contributed by atoms with Gasteiger partial charge in [0.05, 0.1) is 16.3 Å². The molecule has 3 aromatic rings. The second-order valence-electron chi connectivity index (χ2n) is 4.49. The molecular weight excluding hydrogens is 270 g/mol. The molecule has 0 amide bonds. The molecule has 0 unspecified atom stereocenters. The topological polar surface area (TPSA) is 52.8 Å². The molecule has 100 valence electrons. The molecule has 0 saturated heterocycles. The quantitative estimate of drug-likeness (QED) is 0.682. The van der Waals surface area contributed by atoms with E-state index in [0.717, 1.165) is 26.4 Å². The fourth-order valence-electron chi connectivity index (χ4n) is 2.05. The average Bonchev–Trinajstić information content (AvgIpc) is 2.79. The summed E-state index contributed by atoms with van der Waals surface area (Å²) in [4.78, 5) is 5.26. The van der Waals surface area contributed by atoms with E-state index in [1.807, 2.05) is 31.2 Å². The van der Waals surface area contributed by atoms with Gasteiger partial charge in [0.25, 0.3) is 0 Å². The number of aliphatic imine (C=N–C) groups is 1. The summed E-state index contributed by atoms with van der Waals surface area (Å²) >= 11 is 1.52. The van der Waals surface area contributed by atoms with E-state index >= 15 is 0 Å². The van der Waals surface area contributed by atoms with E-state index in [1.54, 1.807) is 24.3 Å². The average molecular weight is 283 g/mol. The van der Waals surface area contributed by atoms with Crippen LogP contribution in [0.3, 0.4) is 0 Å². The van der Waals surface area contributed by atoms with E-state index in [1.165, 1.54) is 11.3 Å². The maximum Gasteiger partial charge on any atom is 0.143 e. The molecule has 0 aliphatic carbocycles. The van der Waals surface area contributed by atoms with Crippen LogP contribution in [0.1, 0.15) is 11.8 Å². The van der Waals surface area contributed by atoms with Crippen LogP contribution in [0.4, 0.5) is 5.69 Å². The summed E-state index contributed by atoms with van der Waals surface area (Å²) in [7, 11) is 0. The second kappa shape index (κ2) is 4.98. The first-order valence-corrected chi connectivity index (χ1v) is 7.02. The molecule has 0 atom stereocenters. The molecule has 20 heavy (non-hydrogen) atoms. The van der Waals surface area contributed by atoms with Gasteiger partial charge >= 0.3 is 0 Å². The number of phenols is 1. The molecule has 2 N–H and O–H groups in total. The summed E-state index contributed by atoms with van der Waals surface area (Å²) in [6.07, 6.45) is 0. The maximum atomic E-state index is 10.3. The van der Waals surface area contributed by atoms with Gasteiger partial charge in [0.1, 0.15) is 11.5 Å². The molecule has 0 saturated carbocycles. The number of fused-ring (bicyclic) bond motifs is 1. The Bertz CT molecular complexity index is 788. The van der Waals surface area contributed by atoms with E-state index in [9.17, 15) is 10.2 Å². The van der Waals surface area contributed by atoms with Crippen molar-refractivity contribution in [3.8, 4) is 11.5 Å². The fourth-order valence-corrected chi connectivity index (χ4v) is 3.09. The predicted molar refractivity (Wildman–Crippen MR) is 83.5 cm³/mol. The van der Waals surface area contributed by atoms with Gasteiger partial charge in [-0.1, -0.05) is 12.1 Å². The minimum absolute atomic E-state index is 0.214. The van der Waals surface area contributed by atoms with Gasteiger partial charge < -0.3 is 10.2 Å². The number of aromatic hydroxyl groups is 2. The van der Waals surface area contributed by atoms with Crippen LogP contribution in [0.15, 0.2) is 53.5 Å². The normalized spacial score (nSPS) is 11.9. The Kier molecular flexibility index (Phi) is 3.16. The first-order chi connectivity index (χ1) is 9.65. The Morgan fingerprint density at radius 3 is 2.40 bits per heavy atom. The Balaban J connectivity index is 2.05. The highest BCUT2D eigenvalue weighted by molar-refractivity contribution is 7.21. The number of phenolic OH excluding ortho intramolecular Hbond substituents is 1. The summed E-state index contributed by atoms with van der Waals surface area (Å²) in [5.74, 6) is 0.497. The third kappa shape index (κ3) is 2.26. The fraction of sp³-hybridized carbons (Fsp3) is 0.0625. The van der Waals surface area contributed by atoms with Gasteiger partial charge in [0.2, 0.25) is 0 Å². The second-order valence-corrected chi connectivity index (χ2v) is 5.54. The molecule has 0 aliphatic heterocycles. The van der Waals surface area contributed by atoms with Crippen LogP contribution in [0.5, 0.6) is 11.5 Å². The Hall–Kier alpha value is -2.33. The van der Waals surface area contributed by atoms with Crippen molar-refractivity contribution in [2.24, 2.45) is 4.99 Å². The first kappa shape index (κ1) is 12.7. The molecule has 1 heterocycles. The lowest BCUT2D eigenvalue weighted by atomic mass is 10.2. The minimum atomic E-state index is 0.214. The van der Waals surface area contributed by atoms with Crippen molar-refractivity contribution < 1.29 is 10.2 Å². The molecular formula is C16H13NO2S. The molecule has 0 fully saturated rings. The summed E-state index contributed by atoms with van der Waals surface area (Å²) in [6.45, 7) is 1.87. The van der Waals surface area contributed by atoms with Crippen LogP contribution in [0, 0.1) is 0 Å². The van der Waals surface area contributed by atoms with Crippen LogP contribution < -0.4 is 0 Å². The highest BCUT2D eigenvalue weighted by Crippen LogP contribution is 2.37. The van der Waals surface area contributed by atoms with Crippen LogP contribution in [0.25, 0.3) is 10.1 Å². The number of rotatable bonds is 2. The third-order valence-electron chi connectivity index (χ3n) is 3.04. The first-order valence-electron chi connectivity index (χ1n) is 6.20. The molecule has 0 spiro atoms. The van der Waals surface area contributed by atoms with E-state index in [2.05, 4.69) is 4.99 Å². The van der Waals surface area contributed by atoms with Crippen molar-refractivity contribution in [2.75, 3.05) is 0 Å². The maximum absolute atomic E-state index is 10.3. The molecule has 1 aromatic heterocycles. The van der Waals surface area contributed by atoms with Crippen molar-refractivity contribution in [3.63, 3.8) is 0 Å². The zero-order valence-corrected chi connectivity index (χ0v) is 11.7. The molecule has 3 rings (SSSR count). The highest BCUT2D eigenvalue weighted by atomic mass is 32.1. The Morgan fingerprint density at radius 1 is 1.00 bits per heavy atom. The van der Waals surface area contributed by atoms with Gasteiger partial charge in [-0.05, 0) is 43.3 Å². The molecule has 3 nitrogen and oxygen atoms in total. The number of hydrogen-bond donors (Lipinski definition) is 2. The van der Waals surface area contributed by atoms with Crippen molar-refractivity contribution in [3.05, 3.63) is 53.4 Å². The monoisotopic (exact) mass is 283 g/mol. The van der Waals surface area contributed by atoms with Crippen molar-refractivity contribution in [2.45, 2.75) is 6.92 Å². The lowest BCUT2D eigenvalue weighted by Crippen LogP contribution is -1.89. The zero-order valence-electron chi connectivity index (χ0n) is 10.9. The SMILES string of the molecule is C/C(=N\c1ccc(O)cc1)c1sc2ccccc2c1O. The van der Waals surface area contributed by atoms with E-state index in [0.29, 0.717) is 0 Å². The van der Waals surface area contributed by atoms with Crippen LogP contribution in [-0.4, -0.2) is 15.9 Å². The highest BCUT2D eigenvalue weighted by Gasteiger charge is 2.12. The van der Waals surface area contributed by atoms with Gasteiger partial charge in [-0.2, -0.15) is 0 Å². The van der Waals surface area contributed by atoms with Gasteiger partial charge in [0.15, 0.2) is 0 Å². The van der Waals surface area contributed by atoms with E-state index < -0.39 is 0 Å². The lowest BCUT2D eigenvalue weighted by Gasteiger charge is -1.99. The number of nitrogens with zero attached hydrogens (tertiary/aromatic N) is 1. The third-order valence-corrected chi connectivity index (χ3v) is 4.31. The van der Waals surface area contributed by atoms with Crippen molar-refractivity contribution >= 4 is 32.8 Å². The summed E-state index contributed by atoms with van der Waals surface area (Å²) in [5.41, 5.74) is 1.51. The molecule has 0 bridgehead atoms. The van der Waals surface area contributed by atoms with Crippen LogP contribution >= 0.6 is 11.3 Å². The minimum Gasteiger partial charge on any atom is -0.508 e. The van der Waals surface area contributed by atoms with Crippen LogP contribution in [0.2, 0.25) is 0 Å². The lowest BCUT2D eigenvalue weighted by molar-refractivity contribution is 0.475. The van der Waals surface area contributed by atoms with Gasteiger partial charge in [-0.25, -0.2) is 0 Å². The summed E-state index contributed by atoms with van der Waals surface area (Å²) in [6, 6.07) is 14.4.